The predicted octanol–water partition coefficient (Wildman–Crippen LogP) is 13.9. The zero-order chi connectivity index (χ0) is 43.8. The number of unbranched alkanes of at least 4 members (excludes halogenated alkanes) is 19. The fourth-order valence-corrected chi connectivity index (χ4v) is 7.29. The molecule has 0 saturated carbocycles. The first kappa shape index (κ1) is 57.8. The molecule has 0 saturated heterocycles. The molecular weight excluding hydrogens is 745 g/mol. The number of esters is 2. The highest BCUT2D eigenvalue weighted by Gasteiger charge is 2.18. The van der Waals surface area contributed by atoms with Gasteiger partial charge in [0.2, 0.25) is 0 Å². The van der Waals surface area contributed by atoms with Crippen LogP contribution in [-0.2, 0) is 19.1 Å². The molecule has 0 aromatic heterocycles. The molecule has 350 valence electrons. The van der Waals surface area contributed by atoms with E-state index in [2.05, 4.69) is 86.8 Å². The van der Waals surface area contributed by atoms with E-state index in [9.17, 15) is 14.7 Å². The fraction of sp³-hybridized carbons (Fsp3) is 0.811. The first-order valence-electron chi connectivity index (χ1n) is 25.3. The first-order valence-corrected chi connectivity index (χ1v) is 25.3. The van der Waals surface area contributed by atoms with E-state index >= 15 is 0 Å². The Balaban J connectivity index is 4.03. The van der Waals surface area contributed by atoms with Gasteiger partial charge >= 0.3 is 11.9 Å². The second-order valence-corrected chi connectivity index (χ2v) is 17.4. The minimum absolute atomic E-state index is 0.0756. The van der Waals surface area contributed by atoms with Gasteiger partial charge in [-0.05, 0) is 155 Å². The Morgan fingerprint density at radius 1 is 0.517 bits per heavy atom. The summed E-state index contributed by atoms with van der Waals surface area (Å²) in [7, 11) is 4.19. The number of carbonyl (C=O) groups excluding carboxylic acids is 2. The number of rotatable bonds is 46. The average molecular weight is 843 g/mol. The van der Waals surface area contributed by atoms with Gasteiger partial charge in [-0.1, -0.05) is 133 Å². The van der Waals surface area contributed by atoms with Crippen LogP contribution in [0.4, 0.5) is 0 Å². The van der Waals surface area contributed by atoms with Crippen LogP contribution >= 0.6 is 0 Å². The Kier molecular flexibility index (Phi) is 46.1. The van der Waals surface area contributed by atoms with Gasteiger partial charge in [-0.15, -0.1) is 0 Å². The summed E-state index contributed by atoms with van der Waals surface area (Å²) < 4.78 is 11.0. The second-order valence-electron chi connectivity index (χ2n) is 17.4. The van der Waals surface area contributed by atoms with Gasteiger partial charge in [0.25, 0.3) is 0 Å². The van der Waals surface area contributed by atoms with Gasteiger partial charge in [-0.2, -0.15) is 0 Å². The number of nitrogens with zero attached hydrogens (tertiary/aromatic N) is 1. The lowest BCUT2D eigenvalue weighted by Gasteiger charge is -2.24. The lowest BCUT2D eigenvalue weighted by Crippen LogP contribution is -2.33. The van der Waals surface area contributed by atoms with Crippen molar-refractivity contribution in [2.75, 3.05) is 46.9 Å². The highest BCUT2D eigenvalue weighted by atomic mass is 16.5. The summed E-state index contributed by atoms with van der Waals surface area (Å²) in [4.78, 5) is 26.7. The standard InChI is InChI=1S/C53H98N2O5/c1-5-7-9-11-13-15-17-19-21-23-25-27-29-31-35-43-52(57)59-47-38-33-34-42-51(56)50(49-54-45-40-46-55(3)4)41-37-39-48-60-53(58)44-36-32-30-28-26-24-22-20-18-16-14-12-10-8-6-2/h13-16,19-22,50-51,54,56H,5-12,17-18,23-49H2,1-4H3/b15-13-,16-14-,21-19-,22-20-. The summed E-state index contributed by atoms with van der Waals surface area (Å²) in [6.45, 7) is 8.21. The molecule has 0 bridgehead atoms. The van der Waals surface area contributed by atoms with Gasteiger partial charge in [0, 0.05) is 19.4 Å². The van der Waals surface area contributed by atoms with Crippen molar-refractivity contribution in [2.24, 2.45) is 5.92 Å². The lowest BCUT2D eigenvalue weighted by molar-refractivity contribution is -0.144. The summed E-state index contributed by atoms with van der Waals surface area (Å²) in [6, 6.07) is 0. The maximum Gasteiger partial charge on any atom is 0.305 e. The number of aliphatic hydroxyl groups is 1. The Morgan fingerprint density at radius 3 is 1.42 bits per heavy atom. The lowest BCUT2D eigenvalue weighted by atomic mass is 9.92. The van der Waals surface area contributed by atoms with Crippen LogP contribution in [0.25, 0.3) is 0 Å². The van der Waals surface area contributed by atoms with Crippen molar-refractivity contribution in [3.63, 3.8) is 0 Å². The second kappa shape index (κ2) is 47.8. The van der Waals surface area contributed by atoms with Crippen molar-refractivity contribution < 1.29 is 24.2 Å². The molecule has 0 heterocycles. The van der Waals surface area contributed by atoms with Crippen molar-refractivity contribution in [1.82, 2.24) is 10.2 Å². The summed E-state index contributed by atoms with van der Waals surface area (Å²) >= 11 is 0. The van der Waals surface area contributed by atoms with E-state index < -0.39 is 0 Å². The van der Waals surface area contributed by atoms with Gasteiger partial charge in [-0.25, -0.2) is 0 Å². The van der Waals surface area contributed by atoms with E-state index in [-0.39, 0.29) is 24.0 Å². The Hall–Kier alpha value is -2.22. The molecule has 2 unspecified atom stereocenters. The third-order valence-corrected chi connectivity index (χ3v) is 11.2. The summed E-state index contributed by atoms with van der Waals surface area (Å²) in [5.74, 6) is 0.0229. The third-order valence-electron chi connectivity index (χ3n) is 11.2. The number of nitrogens with one attached hydrogen (secondary N) is 1. The molecule has 0 spiro atoms. The normalized spacial score (nSPS) is 13.2. The number of ether oxygens (including phenoxy) is 2. The van der Waals surface area contributed by atoms with Gasteiger partial charge in [-0.3, -0.25) is 9.59 Å². The number of carbonyl (C=O) groups is 2. The molecule has 0 aliphatic heterocycles. The van der Waals surface area contributed by atoms with Crippen molar-refractivity contribution >= 4 is 11.9 Å². The van der Waals surface area contributed by atoms with E-state index in [1.54, 1.807) is 0 Å². The third kappa shape index (κ3) is 45.3. The molecule has 0 fully saturated rings. The Morgan fingerprint density at radius 2 is 0.933 bits per heavy atom. The largest absolute Gasteiger partial charge is 0.466 e. The van der Waals surface area contributed by atoms with Crippen LogP contribution in [0.3, 0.4) is 0 Å². The quantitative estimate of drug-likeness (QED) is 0.0358. The molecule has 0 radical (unpaired) electrons. The van der Waals surface area contributed by atoms with Crippen molar-refractivity contribution in [3.8, 4) is 0 Å². The van der Waals surface area contributed by atoms with Crippen LogP contribution in [-0.4, -0.2) is 75.0 Å². The zero-order valence-corrected chi connectivity index (χ0v) is 40.0. The van der Waals surface area contributed by atoms with Crippen LogP contribution in [0.2, 0.25) is 0 Å². The molecular formula is C53H98N2O5. The van der Waals surface area contributed by atoms with Gasteiger partial charge < -0.3 is 24.8 Å². The number of allylic oxidation sites excluding steroid dienone is 8. The maximum absolute atomic E-state index is 12.3. The van der Waals surface area contributed by atoms with Crippen LogP contribution in [0.1, 0.15) is 219 Å². The highest BCUT2D eigenvalue weighted by Crippen LogP contribution is 2.19. The highest BCUT2D eigenvalue weighted by molar-refractivity contribution is 5.69. The molecule has 7 heteroatoms. The monoisotopic (exact) mass is 843 g/mol. The molecule has 0 aliphatic rings. The minimum Gasteiger partial charge on any atom is -0.466 e. The van der Waals surface area contributed by atoms with E-state index in [4.69, 9.17) is 9.47 Å². The molecule has 2 atom stereocenters. The van der Waals surface area contributed by atoms with Gasteiger partial charge in [0.1, 0.15) is 0 Å². The van der Waals surface area contributed by atoms with E-state index in [1.165, 1.54) is 89.9 Å². The van der Waals surface area contributed by atoms with Crippen molar-refractivity contribution in [2.45, 2.75) is 225 Å². The van der Waals surface area contributed by atoms with Crippen LogP contribution in [0, 0.1) is 5.92 Å². The van der Waals surface area contributed by atoms with Crippen molar-refractivity contribution in [1.29, 1.82) is 0 Å². The summed E-state index contributed by atoms with van der Waals surface area (Å²) in [5, 5.41) is 14.7. The van der Waals surface area contributed by atoms with Crippen LogP contribution < -0.4 is 5.32 Å². The number of hydrogen-bond donors (Lipinski definition) is 2. The van der Waals surface area contributed by atoms with Gasteiger partial charge in [0.15, 0.2) is 0 Å². The molecule has 0 amide bonds. The molecule has 0 aliphatic carbocycles. The topological polar surface area (TPSA) is 88.1 Å². The minimum atomic E-state index is -0.368. The summed E-state index contributed by atoms with van der Waals surface area (Å²) in [6.07, 6.45) is 52.1. The van der Waals surface area contributed by atoms with Crippen molar-refractivity contribution in [3.05, 3.63) is 48.6 Å². The van der Waals surface area contributed by atoms with Crippen LogP contribution in [0.5, 0.6) is 0 Å². The Labute approximate surface area is 372 Å². The van der Waals surface area contributed by atoms with Gasteiger partial charge in [0.05, 0.1) is 19.3 Å². The summed E-state index contributed by atoms with van der Waals surface area (Å²) in [5.41, 5.74) is 0. The Bertz CT molecular complexity index is 1040. The average Bonchev–Trinajstić information content (AvgIpc) is 3.23. The first-order chi connectivity index (χ1) is 29.4. The smallest absolute Gasteiger partial charge is 0.305 e. The van der Waals surface area contributed by atoms with E-state index in [0.717, 1.165) is 122 Å². The van der Waals surface area contributed by atoms with E-state index in [1.807, 2.05) is 0 Å². The number of hydrogen-bond acceptors (Lipinski definition) is 7. The molecule has 0 rings (SSSR count). The molecule has 0 aromatic rings. The molecule has 60 heavy (non-hydrogen) atoms. The zero-order valence-electron chi connectivity index (χ0n) is 40.0. The molecule has 2 N–H and O–H groups in total. The maximum atomic E-state index is 12.3. The number of aliphatic hydroxyl groups excluding tert-OH is 1. The van der Waals surface area contributed by atoms with E-state index in [0.29, 0.717) is 26.1 Å². The molecule has 0 aromatic carbocycles. The fourth-order valence-electron chi connectivity index (χ4n) is 7.29. The predicted molar refractivity (Wildman–Crippen MR) is 258 cm³/mol. The van der Waals surface area contributed by atoms with Crippen LogP contribution in [0.15, 0.2) is 48.6 Å². The molecule has 7 nitrogen and oxygen atoms in total. The SMILES string of the molecule is CCCCC/C=C\C/C=C\CCCCCCCC(=O)OCCCCCC(O)C(CCCCOC(=O)CCCCCCC/C=C\C/C=C\CCCCC)CNCCCN(C)C.